The number of ether oxygens (including phenoxy) is 2. The van der Waals surface area contributed by atoms with Gasteiger partial charge in [0.15, 0.2) is 0 Å². The number of hydrogen-bond acceptors (Lipinski definition) is 7. The van der Waals surface area contributed by atoms with Gasteiger partial charge in [0.1, 0.15) is 0 Å². The molecular weight excluding hydrogens is 521 g/mol. The summed E-state index contributed by atoms with van der Waals surface area (Å²) >= 11 is 0.194. The molecule has 7 nitrogen and oxygen atoms in total. The van der Waals surface area contributed by atoms with E-state index in [9.17, 15) is 9.59 Å². The van der Waals surface area contributed by atoms with Crippen LogP contribution < -0.4 is 0 Å². The van der Waals surface area contributed by atoms with Crippen molar-refractivity contribution in [2.24, 2.45) is 15.0 Å². The minimum atomic E-state index is -0.380. The standard InChI is InChI=1S/C24H23N3O4.2ClH.Fe/c1-15(25-19-9-5-17(6-10-19)23(28)30-3)21-13-14-22(27-21)16(2)26-20-11-7-18(8-12-20)24(29)31-4;;;/h5-13H,14H2,1-4H3;2*1H;/q;;;+2/p-2. The Bertz CT molecular complexity index is 1140. The summed E-state index contributed by atoms with van der Waals surface area (Å²) in [5.41, 5.74) is 5.65. The van der Waals surface area contributed by atoms with Gasteiger partial charge in [-0.25, -0.2) is 14.6 Å². The molecule has 2 aromatic carbocycles. The molecule has 1 heterocycles. The van der Waals surface area contributed by atoms with Crippen LogP contribution in [0.3, 0.4) is 0 Å². The summed E-state index contributed by atoms with van der Waals surface area (Å²) in [6.45, 7) is 3.80. The van der Waals surface area contributed by atoms with E-state index in [2.05, 4.69) is 15.0 Å². The summed E-state index contributed by atoms with van der Waals surface area (Å²) in [6.07, 6.45) is 2.68. The van der Waals surface area contributed by atoms with Crippen LogP contribution in [0, 0.1) is 0 Å². The number of aliphatic imine (C=N–C) groups is 3. The van der Waals surface area contributed by atoms with E-state index in [0.29, 0.717) is 17.5 Å². The SMILES string of the molecule is COC(=O)c1ccc(N=C(C)C2=CCC(C(C)=Nc3ccc(C(=O)OC)cc3)=N2)cc1.[Cl][Fe][Cl]. The number of esters is 2. The van der Waals surface area contributed by atoms with Crippen molar-refractivity contribution < 1.29 is 32.2 Å². The third kappa shape index (κ3) is 7.92. The number of hydrogen-bond donors (Lipinski definition) is 0. The summed E-state index contributed by atoms with van der Waals surface area (Å²) in [5, 5.41) is 0. The molecule has 10 heteroatoms. The Balaban J connectivity index is 0.00000129. The molecule has 0 radical (unpaired) electrons. The molecule has 2 aromatic rings. The molecule has 0 spiro atoms. The second-order valence-electron chi connectivity index (χ2n) is 6.87. The van der Waals surface area contributed by atoms with Crippen LogP contribution in [0.5, 0.6) is 0 Å². The number of carbonyl (C=O) groups excluding carboxylic acids is 2. The number of halogens is 2. The van der Waals surface area contributed by atoms with E-state index in [1.807, 2.05) is 19.9 Å². The average molecular weight is 544 g/mol. The van der Waals surface area contributed by atoms with Crippen molar-refractivity contribution in [1.29, 1.82) is 0 Å². The van der Waals surface area contributed by atoms with Crippen molar-refractivity contribution in [2.45, 2.75) is 20.3 Å². The second kappa shape index (κ2) is 13.8. The number of allylic oxidation sites excluding steroid dienone is 2. The Kier molecular flexibility index (Phi) is 11.2. The van der Waals surface area contributed by atoms with Gasteiger partial charge in [0.05, 0.1) is 59.6 Å². The van der Waals surface area contributed by atoms with Crippen LogP contribution in [-0.2, 0) is 22.6 Å². The zero-order chi connectivity index (χ0) is 25.1. The van der Waals surface area contributed by atoms with Gasteiger partial charge in [0.25, 0.3) is 0 Å². The number of methoxy groups -OCH3 is 2. The first-order valence-corrected chi connectivity index (χ1v) is 13.0. The number of benzene rings is 2. The molecule has 0 aliphatic carbocycles. The van der Waals surface area contributed by atoms with Crippen molar-refractivity contribution in [3.8, 4) is 0 Å². The van der Waals surface area contributed by atoms with Gasteiger partial charge in [-0.15, -0.1) is 0 Å². The summed E-state index contributed by atoms with van der Waals surface area (Å²) in [7, 11) is 12.2. The Morgan fingerprint density at radius 1 is 0.824 bits per heavy atom. The molecule has 0 bridgehead atoms. The molecule has 34 heavy (non-hydrogen) atoms. The fraction of sp³-hybridized carbons (Fsp3) is 0.208. The van der Waals surface area contributed by atoms with Gasteiger partial charge in [-0.05, 0) is 62.4 Å². The van der Waals surface area contributed by atoms with Crippen LogP contribution in [0.25, 0.3) is 0 Å². The maximum atomic E-state index is 11.5. The first-order chi connectivity index (χ1) is 16.3. The number of nitrogens with zero attached hydrogens (tertiary/aromatic N) is 3. The molecule has 0 atom stereocenters. The molecule has 0 N–H and O–H groups in total. The van der Waals surface area contributed by atoms with E-state index in [1.54, 1.807) is 48.5 Å². The van der Waals surface area contributed by atoms with E-state index in [-0.39, 0.29) is 25.1 Å². The van der Waals surface area contributed by atoms with Gasteiger partial charge in [0, 0.05) is 6.42 Å². The maximum absolute atomic E-state index is 11.5. The van der Waals surface area contributed by atoms with E-state index >= 15 is 0 Å². The van der Waals surface area contributed by atoms with Crippen molar-refractivity contribution in [3.05, 3.63) is 71.4 Å². The molecule has 0 fully saturated rings. The molecule has 0 aromatic heterocycles. The van der Waals surface area contributed by atoms with Gasteiger partial charge in [-0.3, -0.25) is 9.98 Å². The van der Waals surface area contributed by atoms with Crippen molar-refractivity contribution in [3.63, 3.8) is 0 Å². The number of rotatable bonds is 6. The average Bonchev–Trinajstić information content (AvgIpc) is 3.35. The van der Waals surface area contributed by atoms with Crippen molar-refractivity contribution in [2.75, 3.05) is 14.2 Å². The molecule has 0 unspecified atom stereocenters. The van der Waals surface area contributed by atoms with Gasteiger partial charge in [0.2, 0.25) is 0 Å². The van der Waals surface area contributed by atoms with Gasteiger partial charge in [-0.2, -0.15) is 0 Å². The third-order valence-corrected chi connectivity index (χ3v) is 4.70. The summed E-state index contributed by atoms with van der Waals surface area (Å²) in [4.78, 5) is 36.9. The van der Waals surface area contributed by atoms with Gasteiger partial charge >= 0.3 is 45.3 Å². The van der Waals surface area contributed by atoms with Gasteiger partial charge in [-0.1, -0.05) is 6.08 Å². The molecule has 0 saturated carbocycles. The fourth-order valence-electron chi connectivity index (χ4n) is 2.98. The third-order valence-electron chi connectivity index (χ3n) is 4.70. The summed E-state index contributed by atoms with van der Waals surface area (Å²) in [5.74, 6) is -0.759. The predicted molar refractivity (Wildman–Crippen MR) is 133 cm³/mol. The normalized spacial score (nSPS) is 13.5. The molecular formula is C24H23Cl2FeN3O4. The second-order valence-corrected chi connectivity index (χ2v) is 8.70. The summed E-state index contributed by atoms with van der Waals surface area (Å²) < 4.78 is 9.41. The van der Waals surface area contributed by atoms with E-state index in [1.165, 1.54) is 14.2 Å². The Morgan fingerprint density at radius 3 is 1.65 bits per heavy atom. The first kappa shape index (κ1) is 27.5. The molecule has 0 amide bonds. The van der Waals surface area contributed by atoms with E-state index < -0.39 is 0 Å². The van der Waals surface area contributed by atoms with E-state index in [4.69, 9.17) is 29.7 Å². The summed E-state index contributed by atoms with van der Waals surface area (Å²) in [6, 6.07) is 13.8. The molecule has 0 saturated heterocycles. The Labute approximate surface area is 213 Å². The quantitative estimate of drug-likeness (QED) is 0.244. The zero-order valence-corrected chi connectivity index (χ0v) is 21.6. The van der Waals surface area contributed by atoms with Crippen LogP contribution in [0.2, 0.25) is 0 Å². The Morgan fingerprint density at radius 2 is 1.24 bits per heavy atom. The zero-order valence-electron chi connectivity index (χ0n) is 19.0. The van der Waals surface area contributed by atoms with Crippen LogP contribution in [0.4, 0.5) is 11.4 Å². The van der Waals surface area contributed by atoms with Crippen molar-refractivity contribution in [1.82, 2.24) is 0 Å². The van der Waals surface area contributed by atoms with Gasteiger partial charge < -0.3 is 9.47 Å². The monoisotopic (exact) mass is 543 g/mol. The fourth-order valence-corrected chi connectivity index (χ4v) is 2.98. The van der Waals surface area contributed by atoms with Crippen molar-refractivity contribution >= 4 is 60.6 Å². The minimum absolute atomic E-state index is 0.194. The van der Waals surface area contributed by atoms with Crippen LogP contribution in [-0.4, -0.2) is 43.3 Å². The Hall–Kier alpha value is -2.77. The molecule has 3 rings (SSSR count). The van der Waals surface area contributed by atoms with Crippen LogP contribution >= 0.6 is 20.2 Å². The predicted octanol–water partition coefficient (Wildman–Crippen LogP) is 6.25. The van der Waals surface area contributed by atoms with Crippen LogP contribution in [0.1, 0.15) is 41.0 Å². The molecule has 1 aliphatic heterocycles. The van der Waals surface area contributed by atoms with E-state index in [0.717, 1.165) is 34.2 Å². The number of carbonyl (C=O) groups is 2. The first-order valence-electron chi connectivity index (χ1n) is 9.94. The molecule has 1 aliphatic rings. The molecule has 180 valence electrons. The topological polar surface area (TPSA) is 89.7 Å². The van der Waals surface area contributed by atoms with Crippen LogP contribution in [0.15, 0.2) is 75.3 Å².